The van der Waals surface area contributed by atoms with Gasteiger partial charge in [0.15, 0.2) is 5.96 Å². The summed E-state index contributed by atoms with van der Waals surface area (Å²) in [5.41, 5.74) is -0.419. The molecule has 0 bridgehead atoms. The van der Waals surface area contributed by atoms with E-state index in [1.54, 1.807) is 0 Å². The van der Waals surface area contributed by atoms with Gasteiger partial charge in [-0.15, -0.1) is 24.0 Å². The van der Waals surface area contributed by atoms with E-state index in [1.165, 1.54) is 19.3 Å². The first-order valence-corrected chi connectivity index (χ1v) is 9.13. The highest BCUT2D eigenvalue weighted by molar-refractivity contribution is 14.0. The fourth-order valence-electron chi connectivity index (χ4n) is 2.77. The van der Waals surface area contributed by atoms with Crippen LogP contribution in [0.25, 0.3) is 0 Å². The topological polar surface area (TPSA) is 66.0 Å². The van der Waals surface area contributed by atoms with Gasteiger partial charge in [0.25, 0.3) is 0 Å². The Labute approximate surface area is 170 Å². The highest BCUT2D eigenvalue weighted by Gasteiger charge is 2.28. The number of guanidine groups is 1. The van der Waals surface area contributed by atoms with E-state index < -0.39 is 5.60 Å². The number of likely N-dealkylation sites (tertiary alicyclic amines) is 1. The summed E-state index contributed by atoms with van der Waals surface area (Å²) in [7, 11) is 0. The summed E-state index contributed by atoms with van der Waals surface area (Å²) in [6, 6.07) is 0. The Hall–Kier alpha value is -0.570. The summed E-state index contributed by atoms with van der Waals surface area (Å²) >= 11 is 0. The average molecular weight is 468 g/mol. The van der Waals surface area contributed by atoms with E-state index >= 15 is 0 Å². The minimum absolute atomic E-state index is 0. The van der Waals surface area contributed by atoms with Crippen molar-refractivity contribution in [2.75, 3.05) is 32.7 Å². The molecule has 1 aliphatic rings. The Balaban J connectivity index is 0.00000576. The highest BCUT2D eigenvalue weighted by Crippen LogP contribution is 2.19. The van der Waals surface area contributed by atoms with Gasteiger partial charge in [-0.3, -0.25) is 9.69 Å². The number of nitrogens with one attached hydrogen (secondary N) is 2. The van der Waals surface area contributed by atoms with E-state index in [0.29, 0.717) is 5.96 Å². The summed E-state index contributed by atoms with van der Waals surface area (Å²) in [6.45, 7) is 16.0. The van der Waals surface area contributed by atoms with Crippen molar-refractivity contribution < 1.29 is 9.53 Å². The Bertz CT molecular complexity index is 427. The van der Waals surface area contributed by atoms with Crippen molar-refractivity contribution in [2.24, 2.45) is 4.99 Å². The fraction of sp³-hybridized carbons (Fsp3) is 0.889. The molecule has 0 aromatic heterocycles. The van der Waals surface area contributed by atoms with E-state index in [-0.39, 0.29) is 42.0 Å². The summed E-state index contributed by atoms with van der Waals surface area (Å²) in [5, 5.41) is 6.55. The number of nitrogens with zero attached hydrogens (tertiary/aromatic N) is 2. The first-order valence-electron chi connectivity index (χ1n) is 9.13. The molecular weight excluding hydrogens is 431 g/mol. The van der Waals surface area contributed by atoms with Crippen LogP contribution < -0.4 is 10.6 Å². The van der Waals surface area contributed by atoms with Gasteiger partial charge >= 0.3 is 5.97 Å². The number of aliphatic imine (C=N–C) groups is 1. The molecule has 1 aliphatic heterocycles. The Morgan fingerprint density at radius 3 is 2.20 bits per heavy atom. The SMILES string of the molecule is CCNC(=NCC(=O)OC(C)(C)C)NCC(C)(C)N1CCCCC1.I. The third kappa shape index (κ3) is 10.2. The summed E-state index contributed by atoms with van der Waals surface area (Å²) < 4.78 is 5.30. The molecule has 6 nitrogen and oxygen atoms in total. The molecule has 25 heavy (non-hydrogen) atoms. The van der Waals surface area contributed by atoms with Crippen LogP contribution in [0, 0.1) is 0 Å². The van der Waals surface area contributed by atoms with E-state index in [9.17, 15) is 4.79 Å². The second-order valence-corrected chi connectivity index (χ2v) is 8.00. The van der Waals surface area contributed by atoms with Crippen molar-refractivity contribution in [2.45, 2.75) is 71.9 Å². The standard InChI is InChI=1S/C18H36N4O2.HI/c1-7-19-16(20-13-15(23)24-17(2,3)4)21-14-18(5,6)22-11-9-8-10-12-22;/h7-14H2,1-6H3,(H2,19,20,21);1H. The number of carbonyl (C=O) groups is 1. The lowest BCUT2D eigenvalue weighted by molar-refractivity contribution is -0.152. The largest absolute Gasteiger partial charge is 0.459 e. The van der Waals surface area contributed by atoms with Gasteiger partial charge in [-0.25, -0.2) is 4.99 Å². The zero-order chi connectivity index (χ0) is 18.2. The molecule has 0 aliphatic carbocycles. The quantitative estimate of drug-likeness (QED) is 0.272. The molecule has 0 saturated carbocycles. The molecule has 0 aromatic rings. The van der Waals surface area contributed by atoms with E-state index in [1.807, 2.05) is 27.7 Å². The van der Waals surface area contributed by atoms with Crippen molar-refractivity contribution >= 4 is 35.9 Å². The first-order chi connectivity index (χ1) is 11.1. The summed E-state index contributed by atoms with van der Waals surface area (Å²) in [4.78, 5) is 18.7. The predicted octanol–water partition coefficient (Wildman–Crippen LogP) is 2.77. The van der Waals surface area contributed by atoms with E-state index in [4.69, 9.17) is 4.74 Å². The van der Waals surface area contributed by atoms with Crippen molar-refractivity contribution in [3.63, 3.8) is 0 Å². The molecule has 1 fully saturated rings. The minimum atomic E-state index is -0.478. The molecule has 1 saturated heterocycles. The van der Waals surface area contributed by atoms with Crippen molar-refractivity contribution in [3.8, 4) is 0 Å². The number of hydrogen-bond donors (Lipinski definition) is 2. The molecule has 7 heteroatoms. The van der Waals surface area contributed by atoms with E-state index in [2.05, 4.69) is 34.4 Å². The molecule has 1 heterocycles. The molecule has 0 spiro atoms. The highest BCUT2D eigenvalue weighted by atomic mass is 127. The number of ether oxygens (including phenoxy) is 1. The molecule has 1 rings (SSSR count). The molecule has 2 N–H and O–H groups in total. The van der Waals surface area contributed by atoms with Crippen molar-refractivity contribution in [3.05, 3.63) is 0 Å². The Kier molecular flexibility index (Phi) is 11.0. The molecule has 0 unspecified atom stereocenters. The minimum Gasteiger partial charge on any atom is -0.459 e. The maximum absolute atomic E-state index is 11.8. The molecule has 0 radical (unpaired) electrons. The number of esters is 1. The van der Waals surface area contributed by atoms with Gasteiger partial charge in [0.2, 0.25) is 0 Å². The lowest BCUT2D eigenvalue weighted by Crippen LogP contribution is -2.55. The monoisotopic (exact) mass is 468 g/mol. The third-order valence-corrected chi connectivity index (χ3v) is 4.03. The van der Waals surface area contributed by atoms with Crippen molar-refractivity contribution in [1.29, 1.82) is 0 Å². The number of halogens is 1. The van der Waals surface area contributed by atoms with Crippen LogP contribution in [-0.2, 0) is 9.53 Å². The number of piperidine rings is 1. The van der Waals surface area contributed by atoms with Crippen LogP contribution in [0.3, 0.4) is 0 Å². The maximum Gasteiger partial charge on any atom is 0.328 e. The van der Waals surface area contributed by atoms with Gasteiger partial charge in [0, 0.05) is 18.6 Å². The smallest absolute Gasteiger partial charge is 0.328 e. The second-order valence-electron chi connectivity index (χ2n) is 8.00. The number of rotatable bonds is 6. The van der Waals surface area contributed by atoms with Gasteiger partial charge in [-0.05, 0) is 67.5 Å². The molecule has 0 atom stereocenters. The first kappa shape index (κ1) is 24.4. The third-order valence-electron chi connectivity index (χ3n) is 4.03. The van der Waals surface area contributed by atoms with Crippen LogP contribution in [0.15, 0.2) is 4.99 Å². The van der Waals surface area contributed by atoms with Crippen molar-refractivity contribution in [1.82, 2.24) is 15.5 Å². The normalized spacial score (nSPS) is 16.8. The zero-order valence-electron chi connectivity index (χ0n) is 16.8. The average Bonchev–Trinajstić information content (AvgIpc) is 2.49. The molecule has 0 amide bonds. The van der Waals surface area contributed by atoms with E-state index in [0.717, 1.165) is 26.2 Å². The lowest BCUT2D eigenvalue weighted by Gasteiger charge is -2.41. The van der Waals surface area contributed by atoms with Gasteiger partial charge in [0.05, 0.1) is 0 Å². The van der Waals surface area contributed by atoms with Crippen LogP contribution in [0.1, 0.15) is 60.8 Å². The number of carbonyl (C=O) groups excluding carboxylic acids is 1. The zero-order valence-corrected chi connectivity index (χ0v) is 19.1. The lowest BCUT2D eigenvalue weighted by atomic mass is 9.98. The molecule has 0 aromatic carbocycles. The fourth-order valence-corrected chi connectivity index (χ4v) is 2.77. The van der Waals surface area contributed by atoms with Gasteiger partial charge in [-0.2, -0.15) is 0 Å². The molecular formula is C18H37IN4O2. The Morgan fingerprint density at radius 1 is 1.08 bits per heavy atom. The summed E-state index contributed by atoms with van der Waals surface area (Å²) in [6.07, 6.45) is 3.88. The van der Waals surface area contributed by atoms with Crippen LogP contribution in [0.5, 0.6) is 0 Å². The van der Waals surface area contributed by atoms with Crippen LogP contribution >= 0.6 is 24.0 Å². The predicted molar refractivity (Wildman–Crippen MR) is 115 cm³/mol. The van der Waals surface area contributed by atoms with Gasteiger partial charge < -0.3 is 15.4 Å². The van der Waals surface area contributed by atoms with Gasteiger partial charge in [0.1, 0.15) is 12.1 Å². The molecule has 148 valence electrons. The van der Waals surface area contributed by atoms with Crippen LogP contribution in [-0.4, -0.2) is 60.7 Å². The van der Waals surface area contributed by atoms with Gasteiger partial charge in [-0.1, -0.05) is 6.42 Å². The Morgan fingerprint density at radius 2 is 1.68 bits per heavy atom. The van der Waals surface area contributed by atoms with Crippen LogP contribution in [0.4, 0.5) is 0 Å². The van der Waals surface area contributed by atoms with Crippen LogP contribution in [0.2, 0.25) is 0 Å². The second kappa shape index (κ2) is 11.2. The summed E-state index contributed by atoms with van der Waals surface area (Å²) in [5.74, 6) is 0.350. The maximum atomic E-state index is 11.8. The number of hydrogen-bond acceptors (Lipinski definition) is 4.